The first-order chi connectivity index (χ1) is 8.32. The average molecular weight is 288 g/mol. The fourth-order valence-electron chi connectivity index (χ4n) is 1.68. The van der Waals surface area contributed by atoms with Gasteiger partial charge in [0.25, 0.3) is 5.60 Å². The van der Waals surface area contributed by atoms with E-state index in [4.69, 9.17) is 5.11 Å². The molecule has 0 heterocycles. The lowest BCUT2D eigenvalue weighted by Gasteiger charge is -2.34. The third-order valence-corrected chi connectivity index (χ3v) is 2.86. The summed E-state index contributed by atoms with van der Waals surface area (Å²) in [6.07, 6.45) is -11.9. The van der Waals surface area contributed by atoms with Crippen molar-refractivity contribution >= 4 is 0 Å². The van der Waals surface area contributed by atoms with Gasteiger partial charge in [-0.2, -0.15) is 26.3 Å². The highest BCUT2D eigenvalue weighted by Crippen LogP contribution is 2.51. The molecule has 0 aliphatic rings. The van der Waals surface area contributed by atoms with E-state index in [9.17, 15) is 31.4 Å². The van der Waals surface area contributed by atoms with E-state index < -0.39 is 34.8 Å². The van der Waals surface area contributed by atoms with Gasteiger partial charge in [-0.1, -0.05) is 0 Å². The highest BCUT2D eigenvalue weighted by atomic mass is 19.4. The summed E-state index contributed by atoms with van der Waals surface area (Å²) >= 11 is 0. The number of phenols is 1. The van der Waals surface area contributed by atoms with Crippen molar-refractivity contribution in [3.63, 3.8) is 0 Å². The Balaban J connectivity index is 3.71. The summed E-state index contributed by atoms with van der Waals surface area (Å²) < 4.78 is 76.1. The smallest absolute Gasteiger partial charge is 0.430 e. The summed E-state index contributed by atoms with van der Waals surface area (Å²) in [5.41, 5.74) is -6.84. The Morgan fingerprint density at radius 3 is 1.68 bits per heavy atom. The molecule has 0 saturated carbocycles. The molecule has 0 spiro atoms. The minimum atomic E-state index is -5.96. The normalized spacial score (nSPS) is 13.7. The van der Waals surface area contributed by atoms with Crippen LogP contribution in [0.4, 0.5) is 26.3 Å². The van der Waals surface area contributed by atoms with Gasteiger partial charge in [-0.15, -0.1) is 0 Å². The Morgan fingerprint density at radius 2 is 1.32 bits per heavy atom. The minimum Gasteiger partial charge on any atom is -0.508 e. The van der Waals surface area contributed by atoms with E-state index in [1.807, 2.05) is 0 Å². The van der Waals surface area contributed by atoms with Gasteiger partial charge in [0.05, 0.1) is 0 Å². The standard InChI is InChI=1S/C11H10F6O2/c1-5-3-7(18)4-8(6(5)2)9(19,10(12,13)14)11(15,16)17/h3-4,18-19H,1-2H3. The lowest BCUT2D eigenvalue weighted by atomic mass is 9.86. The first kappa shape index (κ1) is 15.6. The van der Waals surface area contributed by atoms with Crippen LogP contribution in [0.5, 0.6) is 5.75 Å². The molecule has 2 N–H and O–H groups in total. The van der Waals surface area contributed by atoms with Crippen LogP contribution in [-0.4, -0.2) is 22.6 Å². The Hall–Kier alpha value is -1.44. The van der Waals surface area contributed by atoms with Gasteiger partial charge in [0.2, 0.25) is 0 Å². The van der Waals surface area contributed by atoms with Gasteiger partial charge in [0.15, 0.2) is 0 Å². The number of aromatic hydroxyl groups is 1. The number of rotatable bonds is 1. The second-order valence-electron chi connectivity index (χ2n) is 4.14. The van der Waals surface area contributed by atoms with Gasteiger partial charge in [-0.25, -0.2) is 0 Å². The van der Waals surface area contributed by atoms with Crippen molar-refractivity contribution < 1.29 is 36.6 Å². The molecule has 0 bridgehead atoms. The van der Waals surface area contributed by atoms with E-state index in [0.29, 0.717) is 0 Å². The summed E-state index contributed by atoms with van der Waals surface area (Å²) in [7, 11) is 0. The average Bonchev–Trinajstić information content (AvgIpc) is 2.18. The molecule has 1 rings (SSSR count). The molecule has 8 heteroatoms. The Bertz CT molecular complexity index is 475. The minimum absolute atomic E-state index is 0.00178. The zero-order valence-corrected chi connectivity index (χ0v) is 9.82. The summed E-state index contributed by atoms with van der Waals surface area (Å²) in [5, 5.41) is 18.4. The maximum Gasteiger partial charge on any atom is 0.430 e. The molecule has 0 saturated heterocycles. The van der Waals surface area contributed by atoms with Gasteiger partial charge in [-0.3, -0.25) is 0 Å². The molecule has 108 valence electrons. The predicted octanol–water partition coefficient (Wildman–Crippen LogP) is 3.32. The van der Waals surface area contributed by atoms with Gasteiger partial charge >= 0.3 is 12.4 Å². The monoisotopic (exact) mass is 288 g/mol. The van der Waals surface area contributed by atoms with Gasteiger partial charge < -0.3 is 10.2 Å². The number of aryl methyl sites for hydroxylation is 1. The fourth-order valence-corrected chi connectivity index (χ4v) is 1.68. The van der Waals surface area contributed by atoms with Crippen molar-refractivity contribution in [1.82, 2.24) is 0 Å². The lowest BCUT2D eigenvalue weighted by Crippen LogP contribution is -2.54. The largest absolute Gasteiger partial charge is 0.508 e. The molecule has 0 fully saturated rings. The van der Waals surface area contributed by atoms with Crippen LogP contribution in [0.1, 0.15) is 16.7 Å². The van der Waals surface area contributed by atoms with E-state index in [-0.39, 0.29) is 11.6 Å². The molecule has 1 aromatic rings. The van der Waals surface area contributed by atoms with Crippen molar-refractivity contribution in [3.8, 4) is 5.75 Å². The first-order valence-corrected chi connectivity index (χ1v) is 4.99. The van der Waals surface area contributed by atoms with Crippen molar-refractivity contribution in [3.05, 3.63) is 28.8 Å². The maximum atomic E-state index is 12.7. The number of hydrogen-bond donors (Lipinski definition) is 2. The third kappa shape index (κ3) is 2.36. The van der Waals surface area contributed by atoms with Gasteiger partial charge in [0, 0.05) is 5.56 Å². The number of hydrogen-bond acceptors (Lipinski definition) is 2. The third-order valence-electron chi connectivity index (χ3n) is 2.86. The molecule has 0 atom stereocenters. The molecule has 1 aromatic carbocycles. The molecule has 2 nitrogen and oxygen atoms in total. The number of phenolic OH excluding ortho intramolecular Hbond substituents is 1. The van der Waals surface area contributed by atoms with Crippen molar-refractivity contribution in [2.45, 2.75) is 31.8 Å². The molecule has 0 amide bonds. The molecule has 19 heavy (non-hydrogen) atoms. The van der Waals surface area contributed by atoms with E-state index in [1.54, 1.807) is 0 Å². The topological polar surface area (TPSA) is 40.5 Å². The van der Waals surface area contributed by atoms with Crippen LogP contribution in [0.3, 0.4) is 0 Å². The number of benzene rings is 1. The Labute approximate surface area is 104 Å². The van der Waals surface area contributed by atoms with Gasteiger partial charge in [0.1, 0.15) is 5.75 Å². The molecule has 0 aromatic heterocycles. The van der Waals surface area contributed by atoms with Crippen LogP contribution >= 0.6 is 0 Å². The van der Waals surface area contributed by atoms with E-state index in [0.717, 1.165) is 13.0 Å². The highest BCUT2D eigenvalue weighted by Gasteiger charge is 2.71. The second kappa shape index (κ2) is 4.29. The second-order valence-corrected chi connectivity index (χ2v) is 4.14. The Morgan fingerprint density at radius 1 is 0.895 bits per heavy atom. The summed E-state index contributed by atoms with van der Waals surface area (Å²) in [5.74, 6) is -0.787. The SMILES string of the molecule is Cc1cc(O)cc(C(O)(C(F)(F)F)C(F)(F)F)c1C. The lowest BCUT2D eigenvalue weighted by molar-refractivity contribution is -0.376. The molecular formula is C11H10F6O2. The summed E-state index contributed by atoms with van der Waals surface area (Å²) in [4.78, 5) is 0. The van der Waals surface area contributed by atoms with Gasteiger partial charge in [-0.05, 0) is 37.1 Å². The van der Waals surface area contributed by atoms with E-state index in [1.165, 1.54) is 6.92 Å². The molecular weight excluding hydrogens is 278 g/mol. The zero-order valence-electron chi connectivity index (χ0n) is 9.82. The van der Waals surface area contributed by atoms with E-state index in [2.05, 4.69) is 0 Å². The number of alkyl halides is 6. The van der Waals surface area contributed by atoms with Crippen molar-refractivity contribution in [2.24, 2.45) is 0 Å². The molecule has 0 radical (unpaired) electrons. The molecule has 0 aliphatic heterocycles. The van der Waals surface area contributed by atoms with Crippen molar-refractivity contribution in [2.75, 3.05) is 0 Å². The quantitative estimate of drug-likeness (QED) is 0.778. The summed E-state index contributed by atoms with van der Waals surface area (Å²) in [6, 6.07) is 1.27. The highest BCUT2D eigenvalue weighted by molar-refractivity contribution is 5.44. The zero-order chi connectivity index (χ0) is 15.2. The van der Waals surface area contributed by atoms with Crippen LogP contribution in [0.25, 0.3) is 0 Å². The molecule has 0 unspecified atom stereocenters. The van der Waals surface area contributed by atoms with Crippen LogP contribution < -0.4 is 0 Å². The van der Waals surface area contributed by atoms with E-state index >= 15 is 0 Å². The van der Waals surface area contributed by atoms with Crippen LogP contribution in [-0.2, 0) is 5.60 Å². The fraction of sp³-hybridized carbons (Fsp3) is 0.455. The van der Waals surface area contributed by atoms with Crippen LogP contribution in [0, 0.1) is 13.8 Å². The number of aliphatic hydroxyl groups is 1. The van der Waals surface area contributed by atoms with Crippen molar-refractivity contribution in [1.29, 1.82) is 0 Å². The molecule has 0 aliphatic carbocycles. The maximum absolute atomic E-state index is 12.7. The first-order valence-electron chi connectivity index (χ1n) is 4.99. The number of halogens is 6. The van der Waals surface area contributed by atoms with Crippen LogP contribution in [0.2, 0.25) is 0 Å². The summed E-state index contributed by atoms with van der Waals surface area (Å²) in [6.45, 7) is 2.23. The predicted molar refractivity (Wildman–Crippen MR) is 53.6 cm³/mol. The van der Waals surface area contributed by atoms with Crippen LogP contribution in [0.15, 0.2) is 12.1 Å². The Kier molecular flexibility index (Phi) is 3.53.